The highest BCUT2D eigenvalue weighted by Gasteiger charge is 2.19. The number of carbonyl (C=O) groups is 1. The zero-order valence-electron chi connectivity index (χ0n) is 9.57. The molecule has 0 aromatic carbocycles. The molecule has 4 N–H and O–H groups in total. The highest BCUT2D eigenvalue weighted by molar-refractivity contribution is 5.82. The van der Waals surface area contributed by atoms with Crippen LogP contribution in [0.3, 0.4) is 0 Å². The van der Waals surface area contributed by atoms with Gasteiger partial charge >= 0.3 is 0 Å². The number of nitrogens with two attached hydrogens (primary N) is 1. The molecule has 1 aromatic heterocycles. The van der Waals surface area contributed by atoms with Crippen LogP contribution in [0.5, 0.6) is 0 Å². The van der Waals surface area contributed by atoms with E-state index in [4.69, 9.17) is 5.73 Å². The third-order valence-corrected chi connectivity index (χ3v) is 2.14. The number of aromatic amines is 1. The number of nitrogens with zero attached hydrogens (tertiary/aromatic N) is 1. The fourth-order valence-corrected chi connectivity index (χ4v) is 1.38. The summed E-state index contributed by atoms with van der Waals surface area (Å²) in [6.45, 7) is 5.39. The van der Waals surface area contributed by atoms with Gasteiger partial charge in [0.05, 0.1) is 0 Å². The average molecular weight is 224 g/mol. The van der Waals surface area contributed by atoms with Crippen LogP contribution in [0.15, 0.2) is 10.9 Å². The summed E-state index contributed by atoms with van der Waals surface area (Å²) in [5.41, 5.74) is 4.98. The van der Waals surface area contributed by atoms with E-state index < -0.39 is 11.9 Å². The van der Waals surface area contributed by atoms with Crippen molar-refractivity contribution in [2.24, 2.45) is 11.7 Å². The third kappa shape index (κ3) is 3.08. The summed E-state index contributed by atoms with van der Waals surface area (Å²) in [7, 11) is 0. The summed E-state index contributed by atoms with van der Waals surface area (Å²) in [6.07, 6.45) is 0. The SMILES string of the molecule is Cc1nc(NC(C(N)=O)C(C)C)cc(=O)[nH]1. The highest BCUT2D eigenvalue weighted by Crippen LogP contribution is 2.08. The number of amides is 1. The van der Waals surface area contributed by atoms with E-state index in [1.165, 1.54) is 6.07 Å². The van der Waals surface area contributed by atoms with Crippen LogP contribution in [0, 0.1) is 12.8 Å². The first kappa shape index (κ1) is 12.2. The van der Waals surface area contributed by atoms with E-state index in [-0.39, 0.29) is 11.5 Å². The largest absolute Gasteiger partial charge is 0.368 e. The van der Waals surface area contributed by atoms with E-state index in [9.17, 15) is 9.59 Å². The second-order valence-corrected chi connectivity index (χ2v) is 3.98. The molecule has 1 rings (SSSR count). The third-order valence-electron chi connectivity index (χ3n) is 2.14. The Morgan fingerprint density at radius 3 is 2.62 bits per heavy atom. The van der Waals surface area contributed by atoms with Crippen LogP contribution in [-0.2, 0) is 4.79 Å². The standard InChI is InChI=1S/C10H16N4O2/c1-5(2)9(10(11)16)14-7-4-8(15)13-6(3)12-7/h4-5,9H,1-3H3,(H2,11,16)(H2,12,13,14,15). The number of carbonyl (C=O) groups excluding carboxylic acids is 1. The van der Waals surface area contributed by atoms with Gasteiger partial charge in [-0.2, -0.15) is 0 Å². The van der Waals surface area contributed by atoms with E-state index in [0.717, 1.165) is 0 Å². The van der Waals surface area contributed by atoms with Gasteiger partial charge in [0, 0.05) is 6.07 Å². The lowest BCUT2D eigenvalue weighted by Crippen LogP contribution is -2.40. The number of rotatable bonds is 4. The van der Waals surface area contributed by atoms with Gasteiger partial charge in [-0.1, -0.05) is 13.8 Å². The first-order valence-electron chi connectivity index (χ1n) is 5.04. The van der Waals surface area contributed by atoms with Crippen molar-refractivity contribution in [3.8, 4) is 0 Å². The Morgan fingerprint density at radius 1 is 1.56 bits per heavy atom. The number of H-pyrrole nitrogens is 1. The Morgan fingerprint density at radius 2 is 2.19 bits per heavy atom. The zero-order chi connectivity index (χ0) is 12.3. The lowest BCUT2D eigenvalue weighted by Gasteiger charge is -2.19. The van der Waals surface area contributed by atoms with Gasteiger partial charge in [-0.15, -0.1) is 0 Å². The van der Waals surface area contributed by atoms with Gasteiger partial charge in [0.15, 0.2) is 0 Å². The summed E-state index contributed by atoms with van der Waals surface area (Å²) < 4.78 is 0. The first-order valence-corrected chi connectivity index (χ1v) is 5.04. The van der Waals surface area contributed by atoms with Gasteiger partial charge in [0.25, 0.3) is 5.56 Å². The zero-order valence-corrected chi connectivity index (χ0v) is 9.57. The fourth-order valence-electron chi connectivity index (χ4n) is 1.38. The van der Waals surface area contributed by atoms with Crippen LogP contribution in [-0.4, -0.2) is 21.9 Å². The monoisotopic (exact) mass is 224 g/mol. The normalized spacial score (nSPS) is 12.5. The molecule has 1 amide bonds. The van der Waals surface area contributed by atoms with Gasteiger partial charge in [0.1, 0.15) is 17.7 Å². The molecule has 16 heavy (non-hydrogen) atoms. The quantitative estimate of drug-likeness (QED) is 0.670. The van der Waals surface area contributed by atoms with E-state index in [0.29, 0.717) is 11.6 Å². The molecule has 0 bridgehead atoms. The van der Waals surface area contributed by atoms with Crippen LogP contribution >= 0.6 is 0 Å². The van der Waals surface area contributed by atoms with E-state index in [2.05, 4.69) is 15.3 Å². The maximum Gasteiger partial charge on any atom is 0.252 e. The first-order chi connectivity index (χ1) is 7.40. The number of primary amides is 1. The maximum atomic E-state index is 11.2. The molecule has 0 radical (unpaired) electrons. The molecule has 0 aliphatic heterocycles. The fraction of sp³-hybridized carbons (Fsp3) is 0.500. The van der Waals surface area contributed by atoms with Crippen molar-refractivity contribution in [1.29, 1.82) is 0 Å². The minimum Gasteiger partial charge on any atom is -0.368 e. The molecule has 6 nitrogen and oxygen atoms in total. The molecule has 1 aromatic rings. The molecular weight excluding hydrogens is 208 g/mol. The van der Waals surface area contributed by atoms with Gasteiger partial charge in [-0.05, 0) is 12.8 Å². The van der Waals surface area contributed by atoms with Crippen molar-refractivity contribution < 1.29 is 4.79 Å². The highest BCUT2D eigenvalue weighted by atomic mass is 16.1. The Hall–Kier alpha value is -1.85. The number of nitrogens with one attached hydrogen (secondary N) is 2. The number of hydrogen-bond acceptors (Lipinski definition) is 4. The van der Waals surface area contributed by atoms with Gasteiger partial charge in [-0.25, -0.2) is 4.98 Å². The smallest absolute Gasteiger partial charge is 0.252 e. The summed E-state index contributed by atoms with van der Waals surface area (Å²) in [5.74, 6) is 0.411. The Balaban J connectivity index is 2.93. The van der Waals surface area contributed by atoms with E-state index in [1.807, 2.05) is 13.8 Å². The second-order valence-electron chi connectivity index (χ2n) is 3.98. The van der Waals surface area contributed by atoms with Crippen molar-refractivity contribution >= 4 is 11.7 Å². The van der Waals surface area contributed by atoms with Crippen LogP contribution < -0.4 is 16.6 Å². The minimum absolute atomic E-state index is 0.0268. The van der Waals surface area contributed by atoms with Crippen LogP contribution in [0.2, 0.25) is 0 Å². The van der Waals surface area contributed by atoms with Gasteiger partial charge < -0.3 is 16.0 Å². The molecule has 0 saturated heterocycles. The summed E-state index contributed by atoms with van der Waals surface area (Å²) in [5, 5.41) is 2.85. The molecule has 1 heterocycles. The van der Waals surface area contributed by atoms with Gasteiger partial charge in [0.2, 0.25) is 5.91 Å². The van der Waals surface area contributed by atoms with Crippen LogP contribution in [0.1, 0.15) is 19.7 Å². The number of hydrogen-bond donors (Lipinski definition) is 3. The lowest BCUT2D eigenvalue weighted by atomic mass is 10.0. The number of aromatic nitrogens is 2. The predicted octanol–water partition coefficient (Wildman–Crippen LogP) is 0.000120. The van der Waals surface area contributed by atoms with Gasteiger partial charge in [-0.3, -0.25) is 9.59 Å². The molecule has 1 unspecified atom stereocenters. The molecule has 0 aliphatic carbocycles. The molecule has 88 valence electrons. The number of aryl methyl sites for hydroxylation is 1. The number of anilines is 1. The molecule has 6 heteroatoms. The van der Waals surface area contributed by atoms with Crippen LogP contribution in [0.25, 0.3) is 0 Å². The van der Waals surface area contributed by atoms with Crippen molar-refractivity contribution in [1.82, 2.24) is 9.97 Å². The Bertz CT molecular complexity index is 439. The van der Waals surface area contributed by atoms with Crippen LogP contribution in [0.4, 0.5) is 5.82 Å². The summed E-state index contributed by atoms with van der Waals surface area (Å²) in [6, 6.07) is 0.763. The van der Waals surface area contributed by atoms with Crippen molar-refractivity contribution in [3.63, 3.8) is 0 Å². The van der Waals surface area contributed by atoms with E-state index >= 15 is 0 Å². The lowest BCUT2D eigenvalue weighted by molar-refractivity contribution is -0.119. The summed E-state index contributed by atoms with van der Waals surface area (Å²) >= 11 is 0. The Labute approximate surface area is 93.3 Å². The predicted molar refractivity (Wildman–Crippen MR) is 61.0 cm³/mol. The van der Waals surface area contributed by atoms with E-state index in [1.54, 1.807) is 6.92 Å². The van der Waals surface area contributed by atoms with Crippen molar-refractivity contribution in [2.45, 2.75) is 26.8 Å². The minimum atomic E-state index is -0.534. The topological polar surface area (TPSA) is 101 Å². The van der Waals surface area contributed by atoms with Crippen molar-refractivity contribution in [3.05, 3.63) is 22.2 Å². The summed E-state index contributed by atoms with van der Waals surface area (Å²) in [4.78, 5) is 28.9. The molecular formula is C10H16N4O2. The average Bonchev–Trinajstić information content (AvgIpc) is 2.11. The Kier molecular flexibility index (Phi) is 3.65. The van der Waals surface area contributed by atoms with Crippen molar-refractivity contribution in [2.75, 3.05) is 5.32 Å². The molecule has 0 fully saturated rings. The molecule has 0 saturated carbocycles. The molecule has 0 spiro atoms. The molecule has 1 atom stereocenters. The second kappa shape index (κ2) is 4.78. The molecule has 0 aliphatic rings. The maximum absolute atomic E-state index is 11.2.